The lowest BCUT2D eigenvalue weighted by Crippen LogP contribution is -2.41. The second-order valence-electron chi connectivity index (χ2n) is 5.48. The summed E-state index contributed by atoms with van der Waals surface area (Å²) in [5.74, 6) is 0.258. The number of hydrogen-bond acceptors (Lipinski definition) is 3. The predicted octanol–water partition coefficient (Wildman–Crippen LogP) is 1.21. The van der Waals surface area contributed by atoms with E-state index >= 15 is 0 Å². The first kappa shape index (κ1) is 12.5. The van der Waals surface area contributed by atoms with Crippen LogP contribution in [0.5, 0.6) is 0 Å². The van der Waals surface area contributed by atoms with E-state index in [-0.39, 0.29) is 6.61 Å². The number of carbonyl (C=O) groups excluding carboxylic acids is 1. The van der Waals surface area contributed by atoms with Crippen LogP contribution < -0.4 is 11.2 Å². The van der Waals surface area contributed by atoms with E-state index in [0.29, 0.717) is 17.4 Å². The molecule has 0 radical (unpaired) electrons. The molecule has 0 saturated heterocycles. The van der Waals surface area contributed by atoms with Crippen molar-refractivity contribution in [1.82, 2.24) is 5.48 Å². The molecule has 4 heteroatoms. The van der Waals surface area contributed by atoms with E-state index < -0.39 is 5.91 Å². The van der Waals surface area contributed by atoms with Gasteiger partial charge in [-0.2, -0.15) is 5.48 Å². The van der Waals surface area contributed by atoms with E-state index in [2.05, 4.69) is 26.3 Å². The Morgan fingerprint density at radius 3 is 2.73 bits per heavy atom. The van der Waals surface area contributed by atoms with Crippen LogP contribution in [0.2, 0.25) is 0 Å². The third-order valence-corrected chi connectivity index (χ3v) is 2.85. The Balaban J connectivity index is 2.32. The molecular formula is C11H22N2O2. The minimum atomic E-state index is -0.439. The maximum absolute atomic E-state index is 10.5. The van der Waals surface area contributed by atoms with Gasteiger partial charge in [-0.1, -0.05) is 20.8 Å². The number of carbonyl (C=O) groups is 1. The zero-order chi connectivity index (χ0) is 11.5. The zero-order valence-corrected chi connectivity index (χ0v) is 9.88. The normalized spacial score (nSPS) is 30.1. The Morgan fingerprint density at radius 2 is 2.20 bits per heavy atom. The van der Waals surface area contributed by atoms with Gasteiger partial charge in [0.1, 0.15) is 6.61 Å². The predicted molar refractivity (Wildman–Crippen MR) is 58.9 cm³/mol. The van der Waals surface area contributed by atoms with Gasteiger partial charge in [0.15, 0.2) is 0 Å². The molecule has 4 nitrogen and oxygen atoms in total. The Morgan fingerprint density at radius 1 is 1.53 bits per heavy atom. The van der Waals surface area contributed by atoms with E-state index in [0.717, 1.165) is 12.8 Å². The fraction of sp³-hybridized carbons (Fsp3) is 0.909. The van der Waals surface area contributed by atoms with Crippen molar-refractivity contribution in [1.29, 1.82) is 0 Å². The number of nitrogens with two attached hydrogens (primary N) is 1. The molecule has 1 aliphatic carbocycles. The summed E-state index contributed by atoms with van der Waals surface area (Å²) < 4.78 is 0. The van der Waals surface area contributed by atoms with Crippen molar-refractivity contribution < 1.29 is 9.63 Å². The van der Waals surface area contributed by atoms with Crippen LogP contribution in [0.3, 0.4) is 0 Å². The largest absolute Gasteiger partial charge is 0.368 e. The van der Waals surface area contributed by atoms with E-state index in [1.165, 1.54) is 6.42 Å². The van der Waals surface area contributed by atoms with E-state index in [9.17, 15) is 4.79 Å². The molecule has 1 fully saturated rings. The first-order chi connectivity index (χ1) is 6.89. The van der Waals surface area contributed by atoms with Gasteiger partial charge in [0, 0.05) is 6.04 Å². The summed E-state index contributed by atoms with van der Waals surface area (Å²) in [6.07, 6.45) is 3.43. The smallest absolute Gasteiger partial charge is 0.245 e. The van der Waals surface area contributed by atoms with E-state index in [1.807, 2.05) is 0 Å². The molecule has 3 N–H and O–H groups in total. The second-order valence-corrected chi connectivity index (χ2v) is 5.48. The molecule has 88 valence electrons. The van der Waals surface area contributed by atoms with Gasteiger partial charge in [0.2, 0.25) is 5.91 Å². The average molecular weight is 214 g/mol. The molecule has 1 amide bonds. The van der Waals surface area contributed by atoms with Crippen molar-refractivity contribution in [2.75, 3.05) is 6.61 Å². The molecule has 0 bridgehead atoms. The minimum absolute atomic E-state index is 0.0503. The van der Waals surface area contributed by atoms with Crippen LogP contribution in [0.25, 0.3) is 0 Å². The third kappa shape index (κ3) is 4.62. The van der Waals surface area contributed by atoms with Gasteiger partial charge in [-0.05, 0) is 30.6 Å². The molecule has 0 aromatic heterocycles. The van der Waals surface area contributed by atoms with Crippen LogP contribution in [0.15, 0.2) is 0 Å². The van der Waals surface area contributed by atoms with Crippen LogP contribution in [0, 0.1) is 11.3 Å². The number of hydrogen-bond donors (Lipinski definition) is 2. The molecule has 1 aliphatic rings. The highest BCUT2D eigenvalue weighted by atomic mass is 16.6. The highest BCUT2D eigenvalue weighted by Crippen LogP contribution is 2.38. The van der Waals surface area contributed by atoms with Gasteiger partial charge >= 0.3 is 0 Å². The molecule has 1 rings (SSSR count). The third-order valence-electron chi connectivity index (χ3n) is 2.85. The van der Waals surface area contributed by atoms with Gasteiger partial charge in [-0.3, -0.25) is 9.63 Å². The SMILES string of the molecule is CC1CC(NOCC(N)=O)CC(C)(C)C1. The first-order valence-corrected chi connectivity index (χ1v) is 5.55. The number of nitrogens with one attached hydrogen (secondary N) is 1. The van der Waals surface area contributed by atoms with Crippen molar-refractivity contribution in [2.45, 2.75) is 46.1 Å². The summed E-state index contributed by atoms with van der Waals surface area (Å²) >= 11 is 0. The first-order valence-electron chi connectivity index (χ1n) is 5.55. The number of amides is 1. The highest BCUT2D eigenvalue weighted by Gasteiger charge is 2.31. The lowest BCUT2D eigenvalue weighted by molar-refractivity contribution is -0.126. The van der Waals surface area contributed by atoms with Gasteiger partial charge in [0.25, 0.3) is 0 Å². The Labute approximate surface area is 91.5 Å². The van der Waals surface area contributed by atoms with Crippen molar-refractivity contribution in [2.24, 2.45) is 17.1 Å². The molecule has 0 aliphatic heterocycles. The van der Waals surface area contributed by atoms with Crippen LogP contribution in [-0.2, 0) is 9.63 Å². The summed E-state index contributed by atoms with van der Waals surface area (Å²) in [7, 11) is 0. The summed E-state index contributed by atoms with van der Waals surface area (Å²) in [4.78, 5) is 15.5. The Bertz CT molecular complexity index is 229. The summed E-state index contributed by atoms with van der Waals surface area (Å²) in [6.45, 7) is 6.74. The van der Waals surface area contributed by atoms with E-state index in [1.54, 1.807) is 0 Å². The lowest BCUT2D eigenvalue weighted by Gasteiger charge is -2.38. The Kier molecular flexibility index (Phi) is 4.11. The quantitative estimate of drug-likeness (QED) is 0.691. The van der Waals surface area contributed by atoms with Gasteiger partial charge in [-0.25, -0.2) is 0 Å². The maximum Gasteiger partial charge on any atom is 0.245 e. The van der Waals surface area contributed by atoms with Crippen LogP contribution in [0.1, 0.15) is 40.0 Å². The standard InChI is InChI=1S/C11H22N2O2/c1-8-4-9(6-11(2,3)5-8)13-15-7-10(12)14/h8-9,13H,4-7H2,1-3H3,(H2,12,14). The molecule has 2 unspecified atom stereocenters. The highest BCUT2D eigenvalue weighted by molar-refractivity contribution is 5.74. The van der Waals surface area contributed by atoms with Crippen molar-refractivity contribution in [3.63, 3.8) is 0 Å². The van der Waals surface area contributed by atoms with Crippen LogP contribution in [0.4, 0.5) is 0 Å². The fourth-order valence-electron chi connectivity index (χ4n) is 2.67. The number of primary amides is 1. The summed E-state index contributed by atoms with van der Waals surface area (Å²) in [6, 6.07) is 0.336. The minimum Gasteiger partial charge on any atom is -0.368 e. The fourth-order valence-corrected chi connectivity index (χ4v) is 2.67. The van der Waals surface area contributed by atoms with Crippen molar-refractivity contribution in [3.8, 4) is 0 Å². The van der Waals surface area contributed by atoms with Crippen LogP contribution in [-0.4, -0.2) is 18.6 Å². The molecule has 0 aromatic carbocycles. The van der Waals surface area contributed by atoms with Crippen molar-refractivity contribution >= 4 is 5.91 Å². The topological polar surface area (TPSA) is 64.3 Å². The van der Waals surface area contributed by atoms with E-state index in [4.69, 9.17) is 10.6 Å². The number of hydroxylamine groups is 1. The van der Waals surface area contributed by atoms with Gasteiger partial charge in [-0.15, -0.1) is 0 Å². The molecule has 2 atom stereocenters. The van der Waals surface area contributed by atoms with Gasteiger partial charge < -0.3 is 5.73 Å². The zero-order valence-electron chi connectivity index (χ0n) is 9.88. The lowest BCUT2D eigenvalue weighted by atomic mass is 9.71. The number of rotatable bonds is 4. The molecule has 1 saturated carbocycles. The molecule has 0 aromatic rings. The van der Waals surface area contributed by atoms with Crippen LogP contribution >= 0.6 is 0 Å². The summed E-state index contributed by atoms with van der Waals surface area (Å²) in [5.41, 5.74) is 8.28. The molecule has 15 heavy (non-hydrogen) atoms. The monoisotopic (exact) mass is 214 g/mol. The van der Waals surface area contributed by atoms with Crippen molar-refractivity contribution in [3.05, 3.63) is 0 Å². The Hall–Kier alpha value is -0.610. The molecular weight excluding hydrogens is 192 g/mol. The van der Waals surface area contributed by atoms with Gasteiger partial charge in [0.05, 0.1) is 0 Å². The maximum atomic E-state index is 10.5. The average Bonchev–Trinajstić information content (AvgIpc) is 1.98. The summed E-state index contributed by atoms with van der Waals surface area (Å²) in [5, 5.41) is 0. The molecule has 0 spiro atoms. The second kappa shape index (κ2) is 4.94. The molecule has 0 heterocycles.